The third kappa shape index (κ3) is 4.43. The maximum Gasteiger partial charge on any atom is 0.338 e. The smallest absolute Gasteiger partial charge is 0.338 e. The Morgan fingerprint density at radius 3 is 2.55 bits per heavy atom. The number of ketones is 1. The number of esters is 1. The lowest BCUT2D eigenvalue weighted by atomic mass is 10.0. The number of nitrogens with one attached hydrogen (secondary N) is 1. The van der Waals surface area contributed by atoms with Gasteiger partial charge in [0.25, 0.3) is 5.91 Å². The van der Waals surface area contributed by atoms with E-state index in [2.05, 4.69) is 5.32 Å². The monoisotopic (exact) mass is 417 g/mol. The van der Waals surface area contributed by atoms with E-state index in [0.29, 0.717) is 11.3 Å². The number of benzene rings is 2. The summed E-state index contributed by atoms with van der Waals surface area (Å²) >= 11 is 0. The molecule has 0 saturated carbocycles. The number of amides is 1. The van der Waals surface area contributed by atoms with Crippen molar-refractivity contribution in [3.8, 4) is 0 Å². The number of hydrogen-bond donors (Lipinski definition) is 1. The highest BCUT2D eigenvalue weighted by atomic mass is 16.5. The summed E-state index contributed by atoms with van der Waals surface area (Å²) in [6.07, 6.45) is 3.61. The van der Waals surface area contributed by atoms with Gasteiger partial charge in [-0.2, -0.15) is 0 Å². The van der Waals surface area contributed by atoms with Crippen molar-refractivity contribution in [2.75, 3.05) is 5.32 Å². The van der Waals surface area contributed by atoms with Gasteiger partial charge >= 0.3 is 5.97 Å². The van der Waals surface area contributed by atoms with E-state index in [4.69, 9.17) is 9.15 Å². The Bertz CT molecular complexity index is 1150. The molecule has 1 heterocycles. The van der Waals surface area contributed by atoms with Crippen LogP contribution in [0.4, 0.5) is 5.69 Å². The molecule has 6 nitrogen and oxygen atoms in total. The third-order valence-electron chi connectivity index (χ3n) is 5.50. The van der Waals surface area contributed by atoms with Crippen molar-refractivity contribution >= 4 is 23.3 Å². The summed E-state index contributed by atoms with van der Waals surface area (Å²) in [5.74, 6) is -1.11. The van der Waals surface area contributed by atoms with Crippen LogP contribution in [0, 0.1) is 6.92 Å². The van der Waals surface area contributed by atoms with Crippen LogP contribution in [0.5, 0.6) is 0 Å². The number of ether oxygens (including phenoxy) is 1. The van der Waals surface area contributed by atoms with Crippen LogP contribution in [-0.4, -0.2) is 23.8 Å². The number of fused-ring (bicyclic) bond motifs is 1. The van der Waals surface area contributed by atoms with Crippen LogP contribution in [0.1, 0.15) is 61.3 Å². The third-order valence-corrected chi connectivity index (χ3v) is 5.50. The van der Waals surface area contributed by atoms with Crippen LogP contribution in [0.15, 0.2) is 59.2 Å². The van der Waals surface area contributed by atoms with Crippen LogP contribution in [0.2, 0.25) is 0 Å². The van der Waals surface area contributed by atoms with Gasteiger partial charge in [-0.3, -0.25) is 9.59 Å². The van der Waals surface area contributed by atoms with E-state index < -0.39 is 18.0 Å². The van der Waals surface area contributed by atoms with Crippen molar-refractivity contribution in [2.45, 2.75) is 39.2 Å². The van der Waals surface area contributed by atoms with E-state index in [9.17, 15) is 14.4 Å². The van der Waals surface area contributed by atoms with Gasteiger partial charge in [-0.05, 0) is 80.1 Å². The molecule has 0 unspecified atom stereocenters. The Balaban J connectivity index is 1.45. The first-order chi connectivity index (χ1) is 14.9. The summed E-state index contributed by atoms with van der Waals surface area (Å²) in [5, 5.41) is 2.73. The fourth-order valence-electron chi connectivity index (χ4n) is 3.72. The summed E-state index contributed by atoms with van der Waals surface area (Å²) in [4.78, 5) is 37.7. The zero-order valence-corrected chi connectivity index (χ0v) is 17.4. The van der Waals surface area contributed by atoms with Crippen molar-refractivity contribution in [3.05, 3.63) is 88.4 Å². The summed E-state index contributed by atoms with van der Waals surface area (Å²) in [6, 6.07) is 13.7. The number of carbonyl (C=O) groups excluding carboxylic acids is 3. The number of Topliss-reactive ketones (excluding diaryl/α,β-unsaturated/α-hetero) is 1. The van der Waals surface area contributed by atoms with E-state index in [1.54, 1.807) is 37.3 Å². The minimum atomic E-state index is -0.922. The Morgan fingerprint density at radius 1 is 1.00 bits per heavy atom. The first-order valence-electron chi connectivity index (χ1n) is 10.2. The summed E-state index contributed by atoms with van der Waals surface area (Å²) < 4.78 is 10.5. The first kappa shape index (κ1) is 20.6. The molecule has 3 aromatic rings. The van der Waals surface area contributed by atoms with E-state index >= 15 is 0 Å². The molecule has 0 saturated heterocycles. The SMILES string of the molecule is Cc1ccc(C(=O)O[C@H](C)C(=O)c2ccc3c(c2)CCC3)cc1NC(=O)c1ccco1. The maximum absolute atomic E-state index is 12.8. The molecule has 31 heavy (non-hydrogen) atoms. The molecule has 6 heteroatoms. The molecule has 0 aliphatic heterocycles. The maximum atomic E-state index is 12.8. The highest BCUT2D eigenvalue weighted by molar-refractivity contribution is 6.04. The van der Waals surface area contributed by atoms with Gasteiger partial charge in [0.05, 0.1) is 11.8 Å². The standard InChI is InChI=1S/C25H23NO5/c1-15-8-9-20(14-21(15)26-24(28)22-7-4-12-30-22)25(29)31-16(2)23(27)19-11-10-17-5-3-6-18(17)13-19/h4,7-14,16H,3,5-6H2,1-2H3,(H,26,28)/t16-/m1/s1. The van der Waals surface area contributed by atoms with Crippen molar-refractivity contribution in [2.24, 2.45) is 0 Å². The van der Waals surface area contributed by atoms with Gasteiger partial charge in [-0.15, -0.1) is 0 Å². The van der Waals surface area contributed by atoms with Crippen LogP contribution < -0.4 is 5.32 Å². The molecular formula is C25H23NO5. The predicted octanol–water partition coefficient (Wildman–Crippen LogP) is 4.76. The minimum Gasteiger partial charge on any atom is -0.459 e. The molecule has 4 rings (SSSR count). The Kier molecular flexibility index (Phi) is 5.71. The van der Waals surface area contributed by atoms with Crippen molar-refractivity contribution in [1.29, 1.82) is 0 Å². The number of aryl methyl sites for hydroxylation is 3. The van der Waals surface area contributed by atoms with Crippen LogP contribution in [0.25, 0.3) is 0 Å². The molecule has 0 spiro atoms. The molecule has 1 aliphatic rings. The zero-order valence-electron chi connectivity index (χ0n) is 17.4. The van der Waals surface area contributed by atoms with Crippen molar-refractivity contribution in [3.63, 3.8) is 0 Å². The Morgan fingerprint density at radius 2 is 1.77 bits per heavy atom. The highest BCUT2D eigenvalue weighted by Gasteiger charge is 2.23. The van der Waals surface area contributed by atoms with E-state index in [1.165, 1.54) is 23.5 Å². The second-order valence-corrected chi connectivity index (χ2v) is 7.71. The van der Waals surface area contributed by atoms with Crippen LogP contribution >= 0.6 is 0 Å². The number of anilines is 1. The van der Waals surface area contributed by atoms with Gasteiger partial charge in [-0.1, -0.05) is 18.2 Å². The van der Waals surface area contributed by atoms with E-state index in [0.717, 1.165) is 24.8 Å². The van der Waals surface area contributed by atoms with E-state index in [1.807, 2.05) is 19.1 Å². The second-order valence-electron chi connectivity index (χ2n) is 7.71. The van der Waals surface area contributed by atoms with Crippen molar-refractivity contribution < 1.29 is 23.5 Å². The van der Waals surface area contributed by atoms with Gasteiger partial charge in [0.2, 0.25) is 5.78 Å². The molecule has 1 aromatic heterocycles. The average Bonchev–Trinajstić information content (AvgIpc) is 3.46. The lowest BCUT2D eigenvalue weighted by Gasteiger charge is -2.14. The number of carbonyl (C=O) groups is 3. The Labute approximate surface area is 180 Å². The van der Waals surface area contributed by atoms with Gasteiger partial charge in [0, 0.05) is 11.3 Å². The average molecular weight is 417 g/mol. The summed E-state index contributed by atoms with van der Waals surface area (Å²) in [7, 11) is 0. The molecule has 0 bridgehead atoms. The molecule has 2 aromatic carbocycles. The number of rotatable bonds is 6. The molecule has 1 atom stereocenters. The molecular weight excluding hydrogens is 394 g/mol. The summed E-state index contributed by atoms with van der Waals surface area (Å²) in [5.41, 5.74) is 4.52. The number of furan rings is 1. The molecule has 1 amide bonds. The van der Waals surface area contributed by atoms with Gasteiger partial charge in [0.15, 0.2) is 11.9 Å². The highest BCUT2D eigenvalue weighted by Crippen LogP contribution is 2.24. The minimum absolute atomic E-state index is 0.168. The normalized spacial score (nSPS) is 13.4. The fourth-order valence-corrected chi connectivity index (χ4v) is 3.72. The van der Waals surface area contributed by atoms with Crippen LogP contribution in [0.3, 0.4) is 0 Å². The van der Waals surface area contributed by atoms with Crippen LogP contribution in [-0.2, 0) is 17.6 Å². The van der Waals surface area contributed by atoms with Gasteiger partial charge in [-0.25, -0.2) is 4.79 Å². The quantitative estimate of drug-likeness (QED) is 0.462. The molecule has 1 N–H and O–H groups in total. The van der Waals surface area contributed by atoms with E-state index in [-0.39, 0.29) is 17.1 Å². The lowest BCUT2D eigenvalue weighted by molar-refractivity contribution is 0.0319. The molecule has 0 radical (unpaired) electrons. The number of hydrogen-bond acceptors (Lipinski definition) is 5. The molecule has 1 aliphatic carbocycles. The molecule has 158 valence electrons. The second kappa shape index (κ2) is 8.60. The predicted molar refractivity (Wildman–Crippen MR) is 116 cm³/mol. The fraction of sp³-hybridized carbons (Fsp3) is 0.240. The lowest BCUT2D eigenvalue weighted by Crippen LogP contribution is -2.24. The zero-order chi connectivity index (χ0) is 22.0. The largest absolute Gasteiger partial charge is 0.459 e. The summed E-state index contributed by atoms with van der Waals surface area (Å²) in [6.45, 7) is 3.38. The molecule has 0 fully saturated rings. The van der Waals surface area contributed by atoms with Gasteiger partial charge in [0.1, 0.15) is 0 Å². The Hall–Kier alpha value is -3.67. The topological polar surface area (TPSA) is 85.6 Å². The van der Waals surface area contributed by atoms with Gasteiger partial charge < -0.3 is 14.5 Å². The van der Waals surface area contributed by atoms with Crippen molar-refractivity contribution in [1.82, 2.24) is 0 Å². The first-order valence-corrected chi connectivity index (χ1v) is 10.2.